The minimum Gasteiger partial charge on any atom is -0.504 e. The minimum atomic E-state index is -0.307. The Bertz CT molecular complexity index is 718. The standard InChI is InChI=1S/C15H10O4.H2O/c1-19-15-11(16)7-6-10-12(15)14(18)9-5-3-2-4-8(9)13(10)17;/h2-7,16H,1H3;1H2. The largest absolute Gasteiger partial charge is 0.504 e. The summed E-state index contributed by atoms with van der Waals surface area (Å²) in [6.07, 6.45) is 0. The van der Waals surface area contributed by atoms with E-state index in [1.165, 1.54) is 19.2 Å². The van der Waals surface area contributed by atoms with Crippen molar-refractivity contribution < 1.29 is 24.9 Å². The maximum atomic E-state index is 12.4. The molecule has 1 aliphatic carbocycles. The molecular weight excluding hydrogens is 260 g/mol. The Balaban J connectivity index is 0.00000147. The molecule has 0 unspecified atom stereocenters. The molecule has 0 radical (unpaired) electrons. The van der Waals surface area contributed by atoms with Crippen LogP contribution in [0.2, 0.25) is 0 Å². The molecule has 0 spiro atoms. The highest BCUT2D eigenvalue weighted by Gasteiger charge is 2.33. The SMILES string of the molecule is COc1c(O)ccc2c1C(=O)c1ccccc1C2=O.O. The molecule has 2 aromatic rings. The fraction of sp³-hybridized carbons (Fsp3) is 0.0667. The quantitative estimate of drug-likeness (QED) is 0.723. The molecule has 0 heterocycles. The van der Waals surface area contributed by atoms with Gasteiger partial charge < -0.3 is 15.3 Å². The van der Waals surface area contributed by atoms with E-state index in [0.29, 0.717) is 11.1 Å². The van der Waals surface area contributed by atoms with Crippen molar-refractivity contribution in [1.82, 2.24) is 0 Å². The third-order valence-electron chi connectivity index (χ3n) is 3.23. The van der Waals surface area contributed by atoms with E-state index in [0.717, 1.165) is 0 Å². The van der Waals surface area contributed by atoms with Crippen LogP contribution in [-0.4, -0.2) is 29.3 Å². The van der Waals surface area contributed by atoms with Crippen LogP contribution >= 0.6 is 0 Å². The van der Waals surface area contributed by atoms with Crippen LogP contribution in [0.5, 0.6) is 11.5 Å². The molecule has 2 aromatic carbocycles. The number of phenolic OH excluding ortho intramolecular Hbond substituents is 1. The van der Waals surface area contributed by atoms with Gasteiger partial charge in [0.05, 0.1) is 12.7 Å². The zero-order valence-electron chi connectivity index (χ0n) is 10.6. The lowest BCUT2D eigenvalue weighted by Gasteiger charge is -2.19. The second-order valence-corrected chi connectivity index (χ2v) is 4.24. The molecule has 0 fully saturated rings. The smallest absolute Gasteiger partial charge is 0.198 e. The Labute approximate surface area is 114 Å². The van der Waals surface area contributed by atoms with Crippen LogP contribution in [0.25, 0.3) is 0 Å². The number of hydrogen-bond donors (Lipinski definition) is 1. The minimum absolute atomic E-state index is 0. The Kier molecular flexibility index (Phi) is 3.29. The van der Waals surface area contributed by atoms with Gasteiger partial charge in [-0.3, -0.25) is 9.59 Å². The average molecular weight is 272 g/mol. The number of carbonyl (C=O) groups is 2. The van der Waals surface area contributed by atoms with Crippen LogP contribution in [0.15, 0.2) is 36.4 Å². The predicted molar refractivity (Wildman–Crippen MR) is 71.6 cm³/mol. The van der Waals surface area contributed by atoms with Crippen LogP contribution in [0, 0.1) is 0 Å². The lowest BCUT2D eigenvalue weighted by Crippen LogP contribution is -2.21. The number of aromatic hydroxyl groups is 1. The molecule has 102 valence electrons. The molecule has 1 aliphatic rings. The molecule has 0 aliphatic heterocycles. The van der Waals surface area contributed by atoms with Crippen molar-refractivity contribution in [2.75, 3.05) is 7.11 Å². The molecule has 0 amide bonds. The zero-order valence-corrected chi connectivity index (χ0v) is 10.6. The van der Waals surface area contributed by atoms with E-state index >= 15 is 0 Å². The number of phenols is 1. The topological polar surface area (TPSA) is 95.1 Å². The van der Waals surface area contributed by atoms with E-state index in [1.54, 1.807) is 24.3 Å². The molecule has 20 heavy (non-hydrogen) atoms. The Morgan fingerprint density at radius 3 is 2.10 bits per heavy atom. The summed E-state index contributed by atoms with van der Waals surface area (Å²) < 4.78 is 5.05. The summed E-state index contributed by atoms with van der Waals surface area (Å²) in [7, 11) is 1.35. The molecule has 0 atom stereocenters. The zero-order chi connectivity index (χ0) is 13.6. The van der Waals surface area contributed by atoms with E-state index in [2.05, 4.69) is 0 Å². The van der Waals surface area contributed by atoms with Gasteiger partial charge in [0.25, 0.3) is 0 Å². The number of methoxy groups -OCH3 is 1. The molecule has 3 N–H and O–H groups in total. The van der Waals surface area contributed by atoms with E-state index in [1.807, 2.05) is 0 Å². The third-order valence-corrected chi connectivity index (χ3v) is 3.23. The van der Waals surface area contributed by atoms with E-state index in [-0.39, 0.29) is 39.7 Å². The number of benzene rings is 2. The summed E-state index contributed by atoms with van der Waals surface area (Å²) in [6.45, 7) is 0. The molecule has 5 heteroatoms. The first-order valence-electron chi connectivity index (χ1n) is 5.73. The molecular formula is C15H12O5. The second kappa shape index (κ2) is 4.79. The second-order valence-electron chi connectivity index (χ2n) is 4.24. The normalized spacial score (nSPS) is 12.2. The van der Waals surface area contributed by atoms with Gasteiger partial charge in [-0.2, -0.15) is 0 Å². The van der Waals surface area contributed by atoms with Crippen molar-refractivity contribution in [3.8, 4) is 11.5 Å². The first-order valence-corrected chi connectivity index (χ1v) is 5.73. The van der Waals surface area contributed by atoms with Crippen molar-refractivity contribution >= 4 is 11.6 Å². The molecule has 0 saturated carbocycles. The van der Waals surface area contributed by atoms with E-state index in [9.17, 15) is 14.7 Å². The number of ketones is 2. The van der Waals surface area contributed by atoms with Gasteiger partial charge in [0.1, 0.15) is 0 Å². The summed E-state index contributed by atoms with van der Waals surface area (Å²) in [4.78, 5) is 24.8. The molecule has 3 rings (SSSR count). The van der Waals surface area contributed by atoms with E-state index < -0.39 is 0 Å². The summed E-state index contributed by atoms with van der Waals surface area (Å²) in [5, 5.41) is 9.73. The van der Waals surface area contributed by atoms with Gasteiger partial charge in [-0.15, -0.1) is 0 Å². The lowest BCUT2D eigenvalue weighted by atomic mass is 9.83. The van der Waals surface area contributed by atoms with Crippen molar-refractivity contribution in [3.05, 3.63) is 58.7 Å². The number of carbonyl (C=O) groups excluding carboxylic acids is 2. The molecule has 0 saturated heterocycles. The Hall–Kier alpha value is -2.66. The fourth-order valence-corrected chi connectivity index (χ4v) is 2.35. The van der Waals surface area contributed by atoms with Gasteiger partial charge in [-0.1, -0.05) is 24.3 Å². The Morgan fingerprint density at radius 1 is 0.900 bits per heavy atom. The average Bonchev–Trinajstić information content (AvgIpc) is 2.44. The summed E-state index contributed by atoms with van der Waals surface area (Å²) >= 11 is 0. The van der Waals surface area contributed by atoms with Crippen LogP contribution in [0.1, 0.15) is 31.8 Å². The maximum Gasteiger partial charge on any atom is 0.198 e. The highest BCUT2D eigenvalue weighted by atomic mass is 16.5. The first-order chi connectivity index (χ1) is 9.15. The third kappa shape index (κ3) is 1.68. The predicted octanol–water partition coefficient (Wildman–Crippen LogP) is 1.35. The van der Waals surface area contributed by atoms with E-state index in [4.69, 9.17) is 4.74 Å². The van der Waals surface area contributed by atoms with Gasteiger partial charge in [-0.05, 0) is 12.1 Å². The van der Waals surface area contributed by atoms with Gasteiger partial charge >= 0.3 is 0 Å². The van der Waals surface area contributed by atoms with Crippen LogP contribution in [-0.2, 0) is 0 Å². The van der Waals surface area contributed by atoms with Gasteiger partial charge in [0.15, 0.2) is 23.1 Å². The number of rotatable bonds is 1. The highest BCUT2D eigenvalue weighted by molar-refractivity contribution is 6.29. The fourth-order valence-electron chi connectivity index (χ4n) is 2.35. The van der Waals surface area contributed by atoms with Gasteiger partial charge in [0, 0.05) is 16.7 Å². The molecule has 0 aromatic heterocycles. The van der Waals surface area contributed by atoms with Crippen LogP contribution in [0.3, 0.4) is 0 Å². The van der Waals surface area contributed by atoms with Crippen molar-refractivity contribution in [2.45, 2.75) is 0 Å². The van der Waals surface area contributed by atoms with Gasteiger partial charge in [-0.25, -0.2) is 0 Å². The lowest BCUT2D eigenvalue weighted by molar-refractivity contribution is 0.0976. The van der Waals surface area contributed by atoms with Crippen molar-refractivity contribution in [2.24, 2.45) is 0 Å². The highest BCUT2D eigenvalue weighted by Crippen LogP contribution is 2.38. The number of hydrogen-bond acceptors (Lipinski definition) is 4. The molecule has 0 bridgehead atoms. The monoisotopic (exact) mass is 272 g/mol. The summed E-state index contributed by atoms with van der Waals surface area (Å²) in [6, 6.07) is 9.44. The van der Waals surface area contributed by atoms with Crippen molar-refractivity contribution in [3.63, 3.8) is 0 Å². The number of ether oxygens (including phenoxy) is 1. The van der Waals surface area contributed by atoms with Crippen LogP contribution in [0.4, 0.5) is 0 Å². The summed E-state index contributed by atoms with van der Waals surface area (Å²) in [5.41, 5.74) is 1.11. The van der Waals surface area contributed by atoms with Crippen molar-refractivity contribution in [1.29, 1.82) is 0 Å². The summed E-state index contributed by atoms with van der Waals surface area (Å²) in [5.74, 6) is -0.645. The van der Waals surface area contributed by atoms with Gasteiger partial charge in [0.2, 0.25) is 0 Å². The Morgan fingerprint density at radius 2 is 1.50 bits per heavy atom. The maximum absolute atomic E-state index is 12.4. The number of fused-ring (bicyclic) bond motifs is 2. The molecule has 5 nitrogen and oxygen atoms in total. The first kappa shape index (κ1) is 13.8. The van der Waals surface area contributed by atoms with Crippen LogP contribution < -0.4 is 4.74 Å².